The van der Waals surface area contributed by atoms with E-state index in [1.54, 1.807) is 11.8 Å². The Balaban J connectivity index is 1.78. The van der Waals surface area contributed by atoms with Crippen LogP contribution in [0.5, 0.6) is 0 Å². The van der Waals surface area contributed by atoms with Gasteiger partial charge in [0.2, 0.25) is 0 Å². The third-order valence-electron chi connectivity index (χ3n) is 3.32. The number of para-hydroxylation sites is 1. The van der Waals surface area contributed by atoms with Crippen molar-refractivity contribution in [3.63, 3.8) is 0 Å². The molecule has 3 rings (SSSR count). The summed E-state index contributed by atoms with van der Waals surface area (Å²) in [5.41, 5.74) is 2.63. The van der Waals surface area contributed by atoms with Crippen molar-refractivity contribution in [1.82, 2.24) is 0 Å². The summed E-state index contributed by atoms with van der Waals surface area (Å²) in [6.07, 6.45) is 1.92. The SMILES string of the molecule is CCCCOC(=O)c1ccc2c(c1)Nc1ccccc1S2. The summed E-state index contributed by atoms with van der Waals surface area (Å²) >= 11 is 1.71. The van der Waals surface area contributed by atoms with Crippen LogP contribution in [0.3, 0.4) is 0 Å². The molecule has 0 amide bonds. The van der Waals surface area contributed by atoms with Gasteiger partial charge in [0.15, 0.2) is 0 Å². The van der Waals surface area contributed by atoms with Gasteiger partial charge in [0.1, 0.15) is 0 Å². The van der Waals surface area contributed by atoms with Crippen molar-refractivity contribution in [2.45, 2.75) is 29.6 Å². The van der Waals surface area contributed by atoms with E-state index in [1.807, 2.05) is 36.4 Å². The Morgan fingerprint density at radius 2 is 1.95 bits per heavy atom. The van der Waals surface area contributed by atoms with Gasteiger partial charge in [-0.25, -0.2) is 4.79 Å². The fourth-order valence-corrected chi connectivity index (χ4v) is 3.13. The molecule has 108 valence electrons. The van der Waals surface area contributed by atoms with E-state index in [-0.39, 0.29) is 5.97 Å². The number of nitrogens with one attached hydrogen (secondary N) is 1. The van der Waals surface area contributed by atoms with Gasteiger partial charge >= 0.3 is 5.97 Å². The normalized spacial score (nSPS) is 12.0. The number of fused-ring (bicyclic) bond motifs is 2. The zero-order valence-electron chi connectivity index (χ0n) is 11.9. The topological polar surface area (TPSA) is 38.3 Å². The van der Waals surface area contributed by atoms with Crippen molar-refractivity contribution in [2.75, 3.05) is 11.9 Å². The van der Waals surface area contributed by atoms with Gasteiger partial charge in [-0.15, -0.1) is 0 Å². The maximum absolute atomic E-state index is 12.0. The average molecular weight is 299 g/mol. The molecule has 1 aliphatic rings. The lowest BCUT2D eigenvalue weighted by Crippen LogP contribution is -2.08. The molecular weight excluding hydrogens is 282 g/mol. The Labute approximate surface area is 128 Å². The third kappa shape index (κ3) is 3.05. The van der Waals surface area contributed by atoms with Gasteiger partial charge in [-0.1, -0.05) is 37.2 Å². The van der Waals surface area contributed by atoms with Crippen LogP contribution >= 0.6 is 11.8 Å². The number of anilines is 2. The Hall–Kier alpha value is -1.94. The van der Waals surface area contributed by atoms with Crippen molar-refractivity contribution in [3.05, 3.63) is 48.0 Å². The standard InChI is InChI=1S/C17H17NO2S/c1-2-3-10-20-17(19)12-8-9-16-14(11-12)18-13-6-4-5-7-15(13)21-16/h4-9,11,18H,2-3,10H2,1H3. The lowest BCUT2D eigenvalue weighted by atomic mass is 10.2. The number of unbranched alkanes of at least 4 members (excludes halogenated alkanes) is 1. The molecule has 0 atom stereocenters. The first-order valence-electron chi connectivity index (χ1n) is 7.13. The van der Waals surface area contributed by atoms with Crippen molar-refractivity contribution in [3.8, 4) is 0 Å². The molecule has 0 bridgehead atoms. The molecule has 1 heterocycles. The number of benzene rings is 2. The molecule has 0 aliphatic carbocycles. The maximum Gasteiger partial charge on any atom is 0.338 e. The Bertz CT molecular complexity index is 670. The van der Waals surface area contributed by atoms with E-state index in [2.05, 4.69) is 18.3 Å². The summed E-state index contributed by atoms with van der Waals surface area (Å²) in [7, 11) is 0. The van der Waals surface area contributed by atoms with Crippen LogP contribution in [0.1, 0.15) is 30.1 Å². The van der Waals surface area contributed by atoms with E-state index in [0.717, 1.165) is 29.1 Å². The van der Waals surface area contributed by atoms with Crippen molar-refractivity contribution in [2.24, 2.45) is 0 Å². The first kappa shape index (κ1) is 14.0. The fraction of sp³-hybridized carbons (Fsp3) is 0.235. The summed E-state index contributed by atoms with van der Waals surface area (Å²) in [5, 5.41) is 3.37. The summed E-state index contributed by atoms with van der Waals surface area (Å²) in [6, 6.07) is 13.8. The number of carbonyl (C=O) groups excluding carboxylic acids is 1. The zero-order chi connectivity index (χ0) is 14.7. The van der Waals surface area contributed by atoms with Gasteiger partial charge < -0.3 is 10.1 Å². The molecule has 3 nitrogen and oxygen atoms in total. The summed E-state index contributed by atoms with van der Waals surface area (Å²) in [4.78, 5) is 14.3. The molecular formula is C17H17NO2S. The van der Waals surface area contributed by atoms with E-state index in [9.17, 15) is 4.79 Å². The van der Waals surface area contributed by atoms with Gasteiger partial charge in [0, 0.05) is 9.79 Å². The second kappa shape index (κ2) is 6.22. The second-order valence-corrected chi connectivity index (χ2v) is 6.01. The van der Waals surface area contributed by atoms with E-state index < -0.39 is 0 Å². The fourth-order valence-electron chi connectivity index (χ4n) is 2.16. The Morgan fingerprint density at radius 1 is 1.14 bits per heavy atom. The van der Waals surface area contributed by atoms with Crippen LogP contribution in [0.4, 0.5) is 11.4 Å². The maximum atomic E-state index is 12.0. The number of esters is 1. The average Bonchev–Trinajstić information content (AvgIpc) is 2.52. The highest BCUT2D eigenvalue weighted by atomic mass is 32.2. The third-order valence-corrected chi connectivity index (χ3v) is 4.47. The lowest BCUT2D eigenvalue weighted by Gasteiger charge is -2.21. The van der Waals surface area contributed by atoms with E-state index in [4.69, 9.17) is 4.74 Å². The minimum absolute atomic E-state index is 0.253. The lowest BCUT2D eigenvalue weighted by molar-refractivity contribution is 0.0499. The molecule has 4 heteroatoms. The number of ether oxygens (including phenoxy) is 1. The Kier molecular flexibility index (Phi) is 4.15. The number of hydrogen-bond acceptors (Lipinski definition) is 4. The quantitative estimate of drug-likeness (QED) is 0.552. The summed E-state index contributed by atoms with van der Waals surface area (Å²) < 4.78 is 5.26. The molecule has 0 spiro atoms. The highest BCUT2D eigenvalue weighted by molar-refractivity contribution is 7.99. The largest absolute Gasteiger partial charge is 0.462 e. The molecule has 0 aromatic heterocycles. The Morgan fingerprint density at radius 3 is 2.81 bits per heavy atom. The molecule has 0 radical (unpaired) electrons. The zero-order valence-corrected chi connectivity index (χ0v) is 12.7. The predicted octanol–water partition coefficient (Wildman–Crippen LogP) is 4.85. The van der Waals surface area contributed by atoms with Crippen molar-refractivity contribution in [1.29, 1.82) is 0 Å². The van der Waals surface area contributed by atoms with Crippen LogP contribution < -0.4 is 5.32 Å². The minimum atomic E-state index is -0.253. The monoisotopic (exact) mass is 299 g/mol. The van der Waals surface area contributed by atoms with E-state index in [0.29, 0.717) is 12.2 Å². The highest BCUT2D eigenvalue weighted by Gasteiger charge is 2.17. The number of hydrogen-bond donors (Lipinski definition) is 1. The molecule has 21 heavy (non-hydrogen) atoms. The van der Waals surface area contributed by atoms with Crippen molar-refractivity contribution < 1.29 is 9.53 Å². The van der Waals surface area contributed by atoms with Gasteiger partial charge in [0.05, 0.1) is 23.5 Å². The molecule has 0 saturated heterocycles. The number of rotatable bonds is 4. The first-order valence-corrected chi connectivity index (χ1v) is 7.94. The van der Waals surface area contributed by atoms with Crippen LogP contribution in [0.2, 0.25) is 0 Å². The summed E-state index contributed by atoms with van der Waals surface area (Å²) in [6.45, 7) is 2.56. The van der Waals surface area contributed by atoms with Gasteiger partial charge in [-0.3, -0.25) is 0 Å². The molecule has 0 unspecified atom stereocenters. The molecule has 0 fully saturated rings. The molecule has 0 saturated carbocycles. The van der Waals surface area contributed by atoms with E-state index in [1.165, 1.54) is 4.90 Å². The molecule has 2 aromatic carbocycles. The second-order valence-electron chi connectivity index (χ2n) is 4.92. The van der Waals surface area contributed by atoms with Crippen LogP contribution in [-0.4, -0.2) is 12.6 Å². The molecule has 1 aliphatic heterocycles. The van der Waals surface area contributed by atoms with Crippen LogP contribution in [0.15, 0.2) is 52.3 Å². The smallest absolute Gasteiger partial charge is 0.338 e. The van der Waals surface area contributed by atoms with Crippen molar-refractivity contribution >= 4 is 29.1 Å². The van der Waals surface area contributed by atoms with Gasteiger partial charge in [0.25, 0.3) is 0 Å². The molecule has 2 aromatic rings. The molecule has 1 N–H and O–H groups in total. The van der Waals surface area contributed by atoms with Gasteiger partial charge in [-0.2, -0.15) is 0 Å². The van der Waals surface area contributed by atoms with Crippen LogP contribution in [0, 0.1) is 0 Å². The van der Waals surface area contributed by atoms with Crippen LogP contribution in [-0.2, 0) is 4.74 Å². The predicted molar refractivity (Wildman–Crippen MR) is 85.5 cm³/mol. The van der Waals surface area contributed by atoms with E-state index >= 15 is 0 Å². The van der Waals surface area contributed by atoms with Crippen LogP contribution in [0.25, 0.3) is 0 Å². The van der Waals surface area contributed by atoms with Gasteiger partial charge in [-0.05, 0) is 36.8 Å². The first-order chi connectivity index (χ1) is 10.3. The number of carbonyl (C=O) groups is 1. The highest BCUT2D eigenvalue weighted by Crippen LogP contribution is 2.44. The minimum Gasteiger partial charge on any atom is -0.462 e. The summed E-state index contributed by atoms with van der Waals surface area (Å²) in [5.74, 6) is -0.253.